The van der Waals surface area contributed by atoms with Gasteiger partial charge in [-0.3, -0.25) is 0 Å². The Labute approximate surface area is 103 Å². The number of benzene rings is 1. The van der Waals surface area contributed by atoms with Crippen molar-refractivity contribution in [2.45, 2.75) is 45.3 Å². The molecule has 2 atom stereocenters. The number of hydrogen-bond acceptors (Lipinski definition) is 3. The molecule has 2 unspecified atom stereocenters. The Morgan fingerprint density at radius 3 is 2.82 bits per heavy atom. The fourth-order valence-electron chi connectivity index (χ4n) is 2.16. The smallest absolute Gasteiger partial charge is 0.142 e. The van der Waals surface area contributed by atoms with Crippen LogP contribution in [-0.4, -0.2) is 23.9 Å². The molecule has 0 spiro atoms. The first-order valence-corrected chi connectivity index (χ1v) is 6.30. The second-order valence-corrected chi connectivity index (χ2v) is 5.01. The zero-order valence-electron chi connectivity index (χ0n) is 10.7. The maximum absolute atomic E-state index is 8.99. The Morgan fingerprint density at radius 1 is 1.41 bits per heavy atom. The Bertz CT molecular complexity index is 390. The molecule has 0 saturated carbocycles. The van der Waals surface area contributed by atoms with Crippen molar-refractivity contribution < 1.29 is 9.84 Å². The fraction of sp³-hybridized carbons (Fsp3) is 0.571. The standard InChI is InChI=1S/C14H21NO2/c1-9(2)11-4-5-14-12(8-11)15-10(3)13(17-14)6-7-16/h4-5,8-10,13,15-16H,6-7H2,1-3H3. The first kappa shape index (κ1) is 12.2. The third-order valence-electron chi connectivity index (χ3n) is 3.30. The number of aliphatic hydroxyl groups is 1. The van der Waals surface area contributed by atoms with Crippen LogP contribution in [0.5, 0.6) is 5.75 Å². The summed E-state index contributed by atoms with van der Waals surface area (Å²) in [4.78, 5) is 0. The predicted molar refractivity (Wildman–Crippen MR) is 69.7 cm³/mol. The monoisotopic (exact) mass is 235 g/mol. The van der Waals surface area contributed by atoms with Crippen LogP contribution >= 0.6 is 0 Å². The number of rotatable bonds is 3. The lowest BCUT2D eigenvalue weighted by molar-refractivity contribution is 0.134. The highest BCUT2D eigenvalue weighted by atomic mass is 16.5. The van der Waals surface area contributed by atoms with Crippen molar-refractivity contribution in [3.8, 4) is 5.75 Å². The van der Waals surface area contributed by atoms with Crippen LogP contribution in [0.3, 0.4) is 0 Å². The SMILES string of the molecule is CC(C)c1ccc2c(c1)NC(C)C(CCO)O2. The molecule has 0 saturated heterocycles. The molecule has 2 N–H and O–H groups in total. The van der Waals surface area contributed by atoms with Crippen LogP contribution in [0.4, 0.5) is 5.69 Å². The van der Waals surface area contributed by atoms with Crippen molar-refractivity contribution in [3.05, 3.63) is 23.8 Å². The van der Waals surface area contributed by atoms with Crippen molar-refractivity contribution in [1.29, 1.82) is 0 Å². The van der Waals surface area contributed by atoms with E-state index in [0.29, 0.717) is 12.3 Å². The molecule has 0 amide bonds. The molecule has 3 nitrogen and oxygen atoms in total. The lowest BCUT2D eigenvalue weighted by Crippen LogP contribution is -2.39. The van der Waals surface area contributed by atoms with Gasteiger partial charge in [0.15, 0.2) is 0 Å². The van der Waals surface area contributed by atoms with E-state index in [0.717, 1.165) is 11.4 Å². The molecular weight excluding hydrogens is 214 g/mol. The minimum absolute atomic E-state index is 0.0531. The molecule has 1 aromatic rings. The number of aliphatic hydroxyl groups excluding tert-OH is 1. The van der Waals surface area contributed by atoms with Gasteiger partial charge in [0.05, 0.1) is 11.7 Å². The van der Waals surface area contributed by atoms with Gasteiger partial charge in [-0.05, 0) is 30.5 Å². The summed E-state index contributed by atoms with van der Waals surface area (Å²) in [5.74, 6) is 1.42. The summed E-state index contributed by atoms with van der Waals surface area (Å²) >= 11 is 0. The number of nitrogens with one attached hydrogen (secondary N) is 1. The summed E-state index contributed by atoms with van der Waals surface area (Å²) in [7, 11) is 0. The van der Waals surface area contributed by atoms with Crippen molar-refractivity contribution in [2.24, 2.45) is 0 Å². The summed E-state index contributed by atoms with van der Waals surface area (Å²) in [6, 6.07) is 6.52. The van der Waals surface area contributed by atoms with Gasteiger partial charge >= 0.3 is 0 Å². The first-order chi connectivity index (χ1) is 8.11. The van der Waals surface area contributed by atoms with Gasteiger partial charge in [0.1, 0.15) is 11.9 Å². The summed E-state index contributed by atoms with van der Waals surface area (Å²) in [5.41, 5.74) is 2.38. The molecule has 1 aromatic carbocycles. The van der Waals surface area contributed by atoms with Gasteiger partial charge in [-0.1, -0.05) is 19.9 Å². The van der Waals surface area contributed by atoms with Gasteiger partial charge in [0.2, 0.25) is 0 Å². The van der Waals surface area contributed by atoms with E-state index in [1.165, 1.54) is 5.56 Å². The average molecular weight is 235 g/mol. The number of anilines is 1. The summed E-state index contributed by atoms with van der Waals surface area (Å²) in [6.07, 6.45) is 0.719. The summed E-state index contributed by atoms with van der Waals surface area (Å²) in [5, 5.41) is 12.4. The summed E-state index contributed by atoms with van der Waals surface area (Å²) in [6.45, 7) is 6.62. The molecule has 0 radical (unpaired) electrons. The molecule has 1 heterocycles. The Hall–Kier alpha value is -1.22. The van der Waals surface area contributed by atoms with Gasteiger partial charge in [-0.25, -0.2) is 0 Å². The van der Waals surface area contributed by atoms with Gasteiger partial charge in [0, 0.05) is 13.0 Å². The lowest BCUT2D eigenvalue weighted by Gasteiger charge is -2.33. The van der Waals surface area contributed by atoms with Gasteiger partial charge in [0.25, 0.3) is 0 Å². The zero-order chi connectivity index (χ0) is 12.4. The molecule has 2 rings (SSSR count). The minimum Gasteiger partial charge on any atom is -0.486 e. The van der Waals surface area contributed by atoms with E-state index in [-0.39, 0.29) is 18.8 Å². The molecule has 0 aliphatic carbocycles. The highest BCUT2D eigenvalue weighted by Gasteiger charge is 2.25. The van der Waals surface area contributed by atoms with Crippen LogP contribution in [0, 0.1) is 0 Å². The van der Waals surface area contributed by atoms with Crippen molar-refractivity contribution >= 4 is 5.69 Å². The normalized spacial score (nSPS) is 22.9. The lowest BCUT2D eigenvalue weighted by atomic mass is 10.0. The molecule has 0 fully saturated rings. The van der Waals surface area contributed by atoms with Crippen molar-refractivity contribution in [1.82, 2.24) is 0 Å². The van der Waals surface area contributed by atoms with Crippen LogP contribution in [0.15, 0.2) is 18.2 Å². The van der Waals surface area contributed by atoms with Gasteiger partial charge in [-0.15, -0.1) is 0 Å². The van der Waals surface area contributed by atoms with Crippen LogP contribution in [-0.2, 0) is 0 Å². The van der Waals surface area contributed by atoms with E-state index < -0.39 is 0 Å². The number of ether oxygens (including phenoxy) is 1. The quantitative estimate of drug-likeness (QED) is 0.846. The Kier molecular flexibility index (Phi) is 3.57. The first-order valence-electron chi connectivity index (χ1n) is 6.30. The zero-order valence-corrected chi connectivity index (χ0v) is 10.7. The fourth-order valence-corrected chi connectivity index (χ4v) is 2.16. The topological polar surface area (TPSA) is 41.5 Å². The third-order valence-corrected chi connectivity index (χ3v) is 3.30. The van der Waals surface area contributed by atoms with Gasteiger partial charge in [-0.2, -0.15) is 0 Å². The van der Waals surface area contributed by atoms with E-state index in [4.69, 9.17) is 9.84 Å². The molecule has 17 heavy (non-hydrogen) atoms. The van der Waals surface area contributed by atoms with Crippen LogP contribution in [0.25, 0.3) is 0 Å². The van der Waals surface area contributed by atoms with E-state index in [9.17, 15) is 0 Å². The van der Waals surface area contributed by atoms with Gasteiger partial charge < -0.3 is 15.2 Å². The van der Waals surface area contributed by atoms with E-state index in [2.05, 4.69) is 38.2 Å². The molecule has 0 aromatic heterocycles. The molecule has 3 heteroatoms. The van der Waals surface area contributed by atoms with Crippen LogP contribution in [0.1, 0.15) is 38.7 Å². The molecule has 1 aliphatic rings. The number of hydrogen-bond donors (Lipinski definition) is 2. The van der Waals surface area contributed by atoms with Crippen LogP contribution < -0.4 is 10.1 Å². The van der Waals surface area contributed by atoms with E-state index in [1.807, 2.05) is 6.07 Å². The van der Waals surface area contributed by atoms with E-state index >= 15 is 0 Å². The Morgan fingerprint density at radius 2 is 2.18 bits per heavy atom. The molecule has 0 bridgehead atoms. The van der Waals surface area contributed by atoms with Crippen molar-refractivity contribution in [3.63, 3.8) is 0 Å². The van der Waals surface area contributed by atoms with Crippen molar-refractivity contribution in [2.75, 3.05) is 11.9 Å². The number of fused-ring (bicyclic) bond motifs is 1. The highest BCUT2D eigenvalue weighted by molar-refractivity contribution is 5.60. The maximum atomic E-state index is 8.99. The Balaban J connectivity index is 2.22. The highest BCUT2D eigenvalue weighted by Crippen LogP contribution is 2.34. The second-order valence-electron chi connectivity index (χ2n) is 5.01. The third kappa shape index (κ3) is 2.55. The average Bonchev–Trinajstić information content (AvgIpc) is 2.29. The molecule has 1 aliphatic heterocycles. The summed E-state index contributed by atoms with van der Waals surface area (Å²) < 4.78 is 5.90. The maximum Gasteiger partial charge on any atom is 0.142 e. The van der Waals surface area contributed by atoms with Crippen LogP contribution in [0.2, 0.25) is 0 Å². The second kappa shape index (κ2) is 4.96. The molecule has 94 valence electrons. The largest absolute Gasteiger partial charge is 0.486 e. The predicted octanol–water partition coefficient (Wildman–Crippen LogP) is 2.75. The molecular formula is C14H21NO2. The minimum atomic E-state index is 0.0531. The van der Waals surface area contributed by atoms with E-state index in [1.54, 1.807) is 0 Å².